The van der Waals surface area contributed by atoms with Crippen LogP contribution < -0.4 is 10.6 Å². The van der Waals surface area contributed by atoms with Gasteiger partial charge in [-0.25, -0.2) is 9.97 Å². The molecule has 1 atom stereocenters. The van der Waals surface area contributed by atoms with Gasteiger partial charge in [0.05, 0.1) is 0 Å². The van der Waals surface area contributed by atoms with Crippen molar-refractivity contribution in [2.75, 3.05) is 18.4 Å². The van der Waals surface area contributed by atoms with Crippen LogP contribution in [0.3, 0.4) is 0 Å². The van der Waals surface area contributed by atoms with E-state index in [1.54, 1.807) is 6.33 Å². The number of nitrogens with zero attached hydrogens (tertiary/aromatic N) is 2. The van der Waals surface area contributed by atoms with Crippen molar-refractivity contribution in [3.63, 3.8) is 0 Å². The Labute approximate surface area is 90.5 Å². The number of aryl methyl sites for hydroxylation is 1. The van der Waals surface area contributed by atoms with Crippen molar-refractivity contribution in [3.05, 3.63) is 17.6 Å². The summed E-state index contributed by atoms with van der Waals surface area (Å²) in [7, 11) is 0. The smallest absolute Gasteiger partial charge is 0.132 e. The number of rotatable bonds is 2. The molecule has 0 aliphatic carbocycles. The number of nitrogens with one attached hydrogen (secondary N) is 2. The summed E-state index contributed by atoms with van der Waals surface area (Å²) < 4.78 is 0. The van der Waals surface area contributed by atoms with Crippen LogP contribution >= 0.6 is 0 Å². The average Bonchev–Trinajstić information content (AvgIpc) is 2.26. The second-order valence-corrected chi connectivity index (χ2v) is 4.12. The van der Waals surface area contributed by atoms with Crippen molar-refractivity contribution in [1.82, 2.24) is 15.3 Å². The van der Waals surface area contributed by atoms with Gasteiger partial charge in [-0.15, -0.1) is 0 Å². The van der Waals surface area contributed by atoms with E-state index in [-0.39, 0.29) is 0 Å². The first-order chi connectivity index (χ1) is 7.27. The Hall–Kier alpha value is -1.16. The number of hydrogen-bond acceptors (Lipinski definition) is 4. The lowest BCUT2D eigenvalue weighted by molar-refractivity contribution is 0.478. The van der Waals surface area contributed by atoms with Crippen LogP contribution in [0.4, 0.5) is 5.82 Å². The molecule has 2 N–H and O–H groups in total. The predicted molar refractivity (Wildman–Crippen MR) is 61.0 cm³/mol. The second kappa shape index (κ2) is 4.57. The summed E-state index contributed by atoms with van der Waals surface area (Å²) in [6, 6.07) is 0.506. The molecule has 1 aromatic rings. The minimum absolute atomic E-state index is 0.506. The summed E-state index contributed by atoms with van der Waals surface area (Å²) in [4.78, 5) is 8.45. The summed E-state index contributed by atoms with van der Waals surface area (Å²) in [6.45, 7) is 6.25. The van der Waals surface area contributed by atoms with Gasteiger partial charge in [-0.3, -0.25) is 0 Å². The maximum Gasteiger partial charge on any atom is 0.132 e. The molecule has 2 heterocycles. The first-order valence-electron chi connectivity index (χ1n) is 5.53. The number of anilines is 1. The molecule has 0 saturated carbocycles. The number of piperidine rings is 1. The van der Waals surface area contributed by atoms with E-state index in [0.29, 0.717) is 6.04 Å². The van der Waals surface area contributed by atoms with Crippen molar-refractivity contribution in [3.8, 4) is 0 Å². The van der Waals surface area contributed by atoms with Gasteiger partial charge in [0.15, 0.2) is 0 Å². The molecule has 2 rings (SSSR count). The molecule has 15 heavy (non-hydrogen) atoms. The molecule has 1 fully saturated rings. The summed E-state index contributed by atoms with van der Waals surface area (Å²) in [5.74, 6) is 0.983. The molecule has 1 aromatic heterocycles. The Balaban J connectivity index is 2.06. The number of aromatic nitrogens is 2. The Kier molecular flexibility index (Phi) is 3.16. The molecular formula is C11H18N4. The Morgan fingerprint density at radius 1 is 1.40 bits per heavy atom. The summed E-state index contributed by atoms with van der Waals surface area (Å²) >= 11 is 0. The van der Waals surface area contributed by atoms with Crippen LogP contribution in [0, 0.1) is 13.8 Å². The van der Waals surface area contributed by atoms with Crippen LogP contribution in [0.5, 0.6) is 0 Å². The first kappa shape index (κ1) is 10.4. The van der Waals surface area contributed by atoms with Crippen molar-refractivity contribution in [2.45, 2.75) is 32.7 Å². The largest absolute Gasteiger partial charge is 0.366 e. The fourth-order valence-electron chi connectivity index (χ4n) is 1.85. The highest BCUT2D eigenvalue weighted by molar-refractivity contribution is 5.45. The van der Waals surface area contributed by atoms with E-state index in [0.717, 1.165) is 30.2 Å². The SMILES string of the molecule is Cc1ncnc(NC2CCCNC2)c1C. The molecule has 0 amide bonds. The third-order valence-corrected chi connectivity index (χ3v) is 2.97. The van der Waals surface area contributed by atoms with Crippen LogP contribution in [0.1, 0.15) is 24.1 Å². The molecule has 1 unspecified atom stereocenters. The molecule has 1 aliphatic heterocycles. The molecule has 0 radical (unpaired) electrons. The zero-order chi connectivity index (χ0) is 10.7. The molecule has 82 valence electrons. The van der Waals surface area contributed by atoms with Gasteiger partial charge in [-0.2, -0.15) is 0 Å². The van der Waals surface area contributed by atoms with E-state index >= 15 is 0 Å². The molecule has 1 aliphatic rings. The molecule has 4 heteroatoms. The summed E-state index contributed by atoms with van der Waals surface area (Å²) in [5.41, 5.74) is 2.21. The van der Waals surface area contributed by atoms with E-state index in [1.807, 2.05) is 6.92 Å². The zero-order valence-corrected chi connectivity index (χ0v) is 9.38. The molecule has 0 aromatic carbocycles. The highest BCUT2D eigenvalue weighted by atomic mass is 15.1. The van der Waals surface area contributed by atoms with Gasteiger partial charge in [0.2, 0.25) is 0 Å². The van der Waals surface area contributed by atoms with Crippen LogP contribution in [0.15, 0.2) is 6.33 Å². The van der Waals surface area contributed by atoms with Crippen molar-refractivity contribution < 1.29 is 0 Å². The molecule has 4 nitrogen and oxygen atoms in total. The van der Waals surface area contributed by atoms with E-state index in [1.165, 1.54) is 12.8 Å². The Morgan fingerprint density at radius 2 is 2.27 bits per heavy atom. The van der Waals surface area contributed by atoms with Gasteiger partial charge in [-0.05, 0) is 33.2 Å². The summed E-state index contributed by atoms with van der Waals surface area (Å²) in [5, 5.41) is 6.86. The Morgan fingerprint density at radius 3 is 3.00 bits per heavy atom. The predicted octanol–water partition coefficient (Wildman–Crippen LogP) is 1.26. The quantitative estimate of drug-likeness (QED) is 0.765. The lowest BCUT2D eigenvalue weighted by atomic mass is 10.1. The van der Waals surface area contributed by atoms with Crippen molar-refractivity contribution in [2.24, 2.45) is 0 Å². The van der Waals surface area contributed by atoms with E-state index < -0.39 is 0 Å². The second-order valence-electron chi connectivity index (χ2n) is 4.12. The molecule has 1 saturated heterocycles. The zero-order valence-electron chi connectivity index (χ0n) is 9.38. The van der Waals surface area contributed by atoms with E-state index in [9.17, 15) is 0 Å². The standard InChI is InChI=1S/C11H18N4/c1-8-9(2)13-7-14-11(8)15-10-4-3-5-12-6-10/h7,10,12H,3-6H2,1-2H3,(H,13,14,15). The third kappa shape index (κ3) is 2.45. The van der Waals surface area contributed by atoms with Crippen LogP contribution in [0.25, 0.3) is 0 Å². The van der Waals surface area contributed by atoms with Gasteiger partial charge < -0.3 is 10.6 Å². The fraction of sp³-hybridized carbons (Fsp3) is 0.636. The van der Waals surface area contributed by atoms with E-state index in [4.69, 9.17) is 0 Å². The number of hydrogen-bond donors (Lipinski definition) is 2. The lowest BCUT2D eigenvalue weighted by Gasteiger charge is -2.25. The molecule has 0 spiro atoms. The van der Waals surface area contributed by atoms with Crippen molar-refractivity contribution in [1.29, 1.82) is 0 Å². The topological polar surface area (TPSA) is 49.8 Å². The van der Waals surface area contributed by atoms with Crippen LogP contribution in [-0.4, -0.2) is 29.1 Å². The third-order valence-electron chi connectivity index (χ3n) is 2.97. The van der Waals surface area contributed by atoms with Crippen LogP contribution in [-0.2, 0) is 0 Å². The first-order valence-corrected chi connectivity index (χ1v) is 5.53. The molecule has 0 bridgehead atoms. The fourth-order valence-corrected chi connectivity index (χ4v) is 1.85. The van der Waals surface area contributed by atoms with Gasteiger partial charge in [0.1, 0.15) is 12.1 Å². The maximum absolute atomic E-state index is 4.28. The summed E-state index contributed by atoms with van der Waals surface area (Å²) in [6.07, 6.45) is 4.08. The van der Waals surface area contributed by atoms with Gasteiger partial charge in [0, 0.05) is 23.8 Å². The monoisotopic (exact) mass is 206 g/mol. The van der Waals surface area contributed by atoms with Gasteiger partial charge >= 0.3 is 0 Å². The minimum Gasteiger partial charge on any atom is -0.366 e. The lowest BCUT2D eigenvalue weighted by Crippen LogP contribution is -2.38. The van der Waals surface area contributed by atoms with Gasteiger partial charge in [0.25, 0.3) is 0 Å². The average molecular weight is 206 g/mol. The normalized spacial score (nSPS) is 21.3. The highest BCUT2D eigenvalue weighted by Crippen LogP contribution is 2.15. The minimum atomic E-state index is 0.506. The van der Waals surface area contributed by atoms with Crippen LogP contribution in [0.2, 0.25) is 0 Å². The van der Waals surface area contributed by atoms with E-state index in [2.05, 4.69) is 27.5 Å². The molecular weight excluding hydrogens is 188 g/mol. The highest BCUT2D eigenvalue weighted by Gasteiger charge is 2.14. The maximum atomic E-state index is 4.28. The van der Waals surface area contributed by atoms with Crippen molar-refractivity contribution >= 4 is 5.82 Å². The Bertz CT molecular complexity index is 331. The van der Waals surface area contributed by atoms with Gasteiger partial charge in [-0.1, -0.05) is 0 Å².